The van der Waals surface area contributed by atoms with Crippen LogP contribution in [0.15, 0.2) is 105 Å². The van der Waals surface area contributed by atoms with Gasteiger partial charge in [-0.3, -0.25) is 9.59 Å². The largest absolute Gasteiger partial charge is 0.507 e. The Morgan fingerprint density at radius 3 is 1.49 bits per heavy atom. The van der Waals surface area contributed by atoms with Crippen LogP contribution in [0.3, 0.4) is 0 Å². The number of para-hydroxylation sites is 2. The third kappa shape index (κ3) is 15.1. The highest BCUT2D eigenvalue weighted by Gasteiger charge is 2.33. The fourth-order valence-electron chi connectivity index (χ4n) is 7.83. The van der Waals surface area contributed by atoms with E-state index in [4.69, 9.17) is 0 Å². The number of carbonyl (C=O) groups excluding carboxylic acids is 2. The first-order chi connectivity index (χ1) is 32.9. The summed E-state index contributed by atoms with van der Waals surface area (Å²) < 4.78 is 93.9. The fourth-order valence-corrected chi connectivity index (χ4v) is 13.7. The smallest absolute Gasteiger partial charge is 0.416 e. The lowest BCUT2D eigenvalue weighted by molar-refractivity contribution is -0.137. The number of sulfonamides is 2. The molecule has 0 bridgehead atoms. The van der Waals surface area contributed by atoms with Crippen molar-refractivity contribution in [3.63, 3.8) is 0 Å². The van der Waals surface area contributed by atoms with E-state index in [2.05, 4.69) is 28.2 Å². The summed E-state index contributed by atoms with van der Waals surface area (Å²) in [5.41, 5.74) is 0.369. The highest BCUT2D eigenvalue weighted by atomic mass is 32.3. The number of unbranched alkanes of at least 4 members (excludes halogenated alkanes) is 3. The summed E-state index contributed by atoms with van der Waals surface area (Å²) in [6.45, 7) is 5.62. The van der Waals surface area contributed by atoms with Crippen LogP contribution in [0.25, 0.3) is 0 Å². The molecule has 0 unspecified atom stereocenters. The molecule has 21 heteroatoms. The second-order valence-corrected chi connectivity index (χ2v) is 23.5. The lowest BCUT2D eigenvalue weighted by Crippen LogP contribution is -2.44. The molecule has 4 heterocycles. The molecule has 0 saturated carbocycles. The molecule has 2 aliphatic heterocycles. The molecular weight excluding hydrogens is 974 g/mol. The van der Waals surface area contributed by atoms with E-state index in [1.807, 2.05) is 0 Å². The number of thiophene rings is 2. The van der Waals surface area contributed by atoms with Gasteiger partial charge in [-0.1, -0.05) is 62.6 Å². The van der Waals surface area contributed by atoms with Gasteiger partial charge in [0.15, 0.2) is 0 Å². The SMILES string of the molecule is CCCCCCNC1CCN(S(=O)(=O)c2ccc(CNC(=O)c3ccccc3O)s2)CC1.O=C(NCc1ccc(S(=O)(=O)N2CCC(NCc3ccc(C(F)(F)F)cc3)CC2)s1)c1ccccc1O. The molecule has 0 spiro atoms. The van der Waals surface area contributed by atoms with Crippen molar-refractivity contribution in [1.82, 2.24) is 29.9 Å². The molecular formula is C48H59F3N6O8S4. The van der Waals surface area contributed by atoms with Gasteiger partial charge < -0.3 is 31.5 Å². The van der Waals surface area contributed by atoms with Crippen molar-refractivity contribution >= 4 is 54.5 Å². The van der Waals surface area contributed by atoms with Crippen molar-refractivity contribution in [1.29, 1.82) is 0 Å². The standard InChI is InChI=1S/C25H26F3N3O4S2.C23H33N3O4S2/c26-25(27,28)18-7-5-17(6-8-18)15-29-19-11-13-31(14-12-19)37(34,35)23-10-9-20(36-23)16-30-24(33)21-3-1-2-4-22(21)32;1-2-3-4-7-14-24-18-12-15-26(16-13-18)32(29,30)22-11-10-19(31-22)17-25-23(28)20-8-5-6-9-21(20)27/h1-10,19,29,32H,11-16H2,(H,30,33);5-6,8-11,18,24,27H,2-4,7,12-17H2,1H3,(H,25,28). The molecule has 5 aromatic rings. The van der Waals surface area contributed by atoms with E-state index in [9.17, 15) is 49.8 Å². The van der Waals surface area contributed by atoms with E-state index in [0.29, 0.717) is 60.7 Å². The summed E-state index contributed by atoms with van der Waals surface area (Å²) in [6.07, 6.45) is 3.33. The fraction of sp³-hybridized carbons (Fsp3) is 0.417. The number of hydrogen-bond acceptors (Lipinski definition) is 12. The zero-order valence-corrected chi connectivity index (χ0v) is 41.5. The van der Waals surface area contributed by atoms with Gasteiger partial charge in [-0.25, -0.2) is 16.8 Å². The van der Waals surface area contributed by atoms with Crippen molar-refractivity contribution in [2.75, 3.05) is 32.7 Å². The highest BCUT2D eigenvalue weighted by molar-refractivity contribution is 7.91. The number of amides is 2. The topological polar surface area (TPSA) is 197 Å². The number of carbonyl (C=O) groups is 2. The third-order valence-corrected chi connectivity index (χ3v) is 18.8. The number of rotatable bonds is 19. The summed E-state index contributed by atoms with van der Waals surface area (Å²) >= 11 is 2.26. The Balaban J connectivity index is 0.000000229. The maximum atomic E-state index is 13.1. The molecule has 3 aromatic carbocycles. The van der Waals surface area contributed by atoms with Crippen LogP contribution in [0.2, 0.25) is 0 Å². The maximum absolute atomic E-state index is 13.1. The van der Waals surface area contributed by atoms with Crippen LogP contribution in [0.4, 0.5) is 13.2 Å². The molecule has 69 heavy (non-hydrogen) atoms. The lowest BCUT2D eigenvalue weighted by atomic mass is 10.1. The normalized spacial score (nSPS) is 15.6. The number of phenols is 2. The first kappa shape index (κ1) is 53.5. The number of nitrogens with zero attached hydrogens (tertiary/aromatic N) is 2. The molecule has 2 amide bonds. The Hall–Kier alpha value is -4.87. The molecule has 7 rings (SSSR count). The van der Waals surface area contributed by atoms with Gasteiger partial charge >= 0.3 is 6.18 Å². The number of nitrogens with one attached hydrogen (secondary N) is 4. The van der Waals surface area contributed by atoms with Crippen molar-refractivity contribution in [3.8, 4) is 11.5 Å². The summed E-state index contributed by atoms with van der Waals surface area (Å²) in [5.74, 6) is -1.07. The summed E-state index contributed by atoms with van der Waals surface area (Å²) in [6, 6.07) is 24.4. The highest BCUT2D eigenvalue weighted by Crippen LogP contribution is 2.31. The molecule has 2 saturated heterocycles. The van der Waals surface area contributed by atoms with Gasteiger partial charge in [0.2, 0.25) is 0 Å². The van der Waals surface area contributed by atoms with E-state index in [1.54, 1.807) is 52.8 Å². The Labute approximate surface area is 410 Å². The molecule has 0 aliphatic carbocycles. The van der Waals surface area contributed by atoms with Crippen molar-refractivity contribution in [3.05, 3.63) is 129 Å². The average molecular weight is 1030 g/mol. The van der Waals surface area contributed by atoms with Gasteiger partial charge in [0.1, 0.15) is 19.9 Å². The average Bonchev–Trinajstić information content (AvgIpc) is 4.04. The third-order valence-electron chi connectivity index (χ3n) is 11.9. The van der Waals surface area contributed by atoms with Gasteiger partial charge in [-0.15, -0.1) is 22.7 Å². The number of piperidine rings is 2. The van der Waals surface area contributed by atoms with Gasteiger partial charge in [0, 0.05) is 54.6 Å². The monoisotopic (exact) mass is 1030 g/mol. The Bertz CT molecular complexity index is 2680. The number of aromatic hydroxyl groups is 2. The van der Waals surface area contributed by atoms with Gasteiger partial charge in [0.05, 0.1) is 29.8 Å². The second kappa shape index (κ2) is 24.8. The molecule has 6 N–H and O–H groups in total. The lowest BCUT2D eigenvalue weighted by Gasteiger charge is -2.31. The molecule has 374 valence electrons. The van der Waals surface area contributed by atoms with Crippen LogP contribution in [0.5, 0.6) is 11.5 Å². The predicted molar refractivity (Wildman–Crippen MR) is 261 cm³/mol. The van der Waals surface area contributed by atoms with Crippen molar-refractivity contribution < 1.29 is 49.8 Å². The minimum Gasteiger partial charge on any atom is -0.507 e. The Morgan fingerprint density at radius 2 is 1.06 bits per heavy atom. The quantitative estimate of drug-likeness (QED) is 0.0441. The summed E-state index contributed by atoms with van der Waals surface area (Å²) in [7, 11) is -7.21. The summed E-state index contributed by atoms with van der Waals surface area (Å²) in [4.78, 5) is 25.9. The van der Waals surface area contributed by atoms with Crippen molar-refractivity contribution in [2.45, 2.75) is 105 Å². The number of phenolic OH excluding ortho intramolecular Hbond substituents is 2. The number of hydrogen-bond donors (Lipinski definition) is 6. The van der Waals surface area contributed by atoms with Crippen LogP contribution in [0, 0.1) is 0 Å². The predicted octanol–water partition coefficient (Wildman–Crippen LogP) is 8.05. The van der Waals surface area contributed by atoms with E-state index < -0.39 is 43.6 Å². The zero-order valence-electron chi connectivity index (χ0n) is 38.2. The van der Waals surface area contributed by atoms with E-state index in [1.165, 1.54) is 77.7 Å². The van der Waals surface area contributed by atoms with Gasteiger partial charge in [0.25, 0.3) is 31.9 Å². The van der Waals surface area contributed by atoms with Crippen LogP contribution in [0.1, 0.15) is 99.9 Å². The first-order valence-electron chi connectivity index (χ1n) is 22.9. The Kier molecular flexibility index (Phi) is 19.2. The number of alkyl halides is 3. The van der Waals surface area contributed by atoms with Crippen LogP contribution >= 0.6 is 22.7 Å². The molecule has 2 fully saturated rings. The summed E-state index contributed by atoms with van der Waals surface area (Å²) in [5, 5.41) is 31.9. The van der Waals surface area contributed by atoms with Gasteiger partial charge in [-0.05, 0) is 105 Å². The van der Waals surface area contributed by atoms with E-state index in [-0.39, 0.29) is 46.0 Å². The molecule has 14 nitrogen and oxygen atoms in total. The molecule has 2 aromatic heterocycles. The van der Waals surface area contributed by atoms with E-state index >= 15 is 0 Å². The number of halogens is 3. The van der Waals surface area contributed by atoms with Crippen molar-refractivity contribution in [2.24, 2.45) is 0 Å². The first-order valence-corrected chi connectivity index (χ1v) is 27.4. The maximum Gasteiger partial charge on any atom is 0.416 e. The van der Waals surface area contributed by atoms with E-state index in [0.717, 1.165) is 53.3 Å². The molecule has 0 atom stereocenters. The van der Waals surface area contributed by atoms with Crippen LogP contribution < -0.4 is 21.3 Å². The molecule has 2 aliphatic rings. The minimum atomic E-state index is -4.37. The molecule has 0 radical (unpaired) electrons. The van der Waals surface area contributed by atoms with Crippen LogP contribution in [-0.2, 0) is 45.9 Å². The zero-order chi connectivity index (χ0) is 49.6. The minimum absolute atomic E-state index is 0.0530. The number of benzene rings is 3. The second-order valence-electron chi connectivity index (χ2n) is 16.8. The van der Waals surface area contributed by atoms with Gasteiger partial charge in [-0.2, -0.15) is 21.8 Å². The van der Waals surface area contributed by atoms with Crippen LogP contribution in [-0.4, -0.2) is 92.3 Å². The Morgan fingerprint density at radius 1 is 0.609 bits per heavy atom.